The number of piperazine rings is 1. The van der Waals surface area contributed by atoms with Gasteiger partial charge in [-0.1, -0.05) is 18.2 Å². The zero-order chi connectivity index (χ0) is 24.3. The van der Waals surface area contributed by atoms with Crippen LogP contribution in [0.25, 0.3) is 5.69 Å². The lowest BCUT2D eigenvalue weighted by Crippen LogP contribution is -2.49. The van der Waals surface area contributed by atoms with E-state index in [2.05, 4.69) is 4.90 Å². The minimum atomic E-state index is -4.51. The summed E-state index contributed by atoms with van der Waals surface area (Å²) < 4.78 is 46.7. The smallest absolute Gasteiger partial charge is 0.416 e. The number of amides is 1. The monoisotopic (exact) mass is 468 g/mol. The third kappa shape index (κ3) is 4.57. The van der Waals surface area contributed by atoms with E-state index >= 15 is 0 Å². The van der Waals surface area contributed by atoms with Crippen molar-refractivity contribution in [3.63, 3.8) is 0 Å². The fourth-order valence-corrected chi connectivity index (χ4v) is 4.08. The molecule has 1 aliphatic rings. The van der Waals surface area contributed by atoms with Crippen LogP contribution in [0.5, 0.6) is 5.75 Å². The van der Waals surface area contributed by atoms with Crippen LogP contribution in [0, 0.1) is 11.3 Å². The van der Waals surface area contributed by atoms with E-state index in [4.69, 9.17) is 4.74 Å². The van der Waals surface area contributed by atoms with Crippen LogP contribution in [0.1, 0.15) is 28.5 Å². The van der Waals surface area contributed by atoms with Crippen molar-refractivity contribution < 1.29 is 22.7 Å². The van der Waals surface area contributed by atoms with E-state index in [9.17, 15) is 23.2 Å². The minimum absolute atomic E-state index is 0.0602. The van der Waals surface area contributed by atoms with Gasteiger partial charge in [0.05, 0.1) is 23.4 Å². The molecule has 0 N–H and O–H groups in total. The number of nitrogens with zero attached hydrogens (tertiary/aromatic N) is 4. The van der Waals surface area contributed by atoms with E-state index in [1.54, 1.807) is 4.90 Å². The summed E-state index contributed by atoms with van der Waals surface area (Å²) in [5.74, 6) is 0.381. The van der Waals surface area contributed by atoms with Crippen LogP contribution in [0.2, 0.25) is 0 Å². The van der Waals surface area contributed by atoms with Gasteiger partial charge < -0.3 is 19.1 Å². The van der Waals surface area contributed by atoms with Crippen molar-refractivity contribution in [1.82, 2.24) is 9.47 Å². The van der Waals surface area contributed by atoms with E-state index in [-0.39, 0.29) is 16.9 Å². The molecule has 0 unspecified atom stereocenters. The summed E-state index contributed by atoms with van der Waals surface area (Å²) in [4.78, 5) is 17.2. The molecule has 9 heteroatoms. The molecule has 1 aliphatic heterocycles. The molecule has 34 heavy (non-hydrogen) atoms. The summed E-state index contributed by atoms with van der Waals surface area (Å²) in [6.07, 6.45) is -3.06. The van der Waals surface area contributed by atoms with Gasteiger partial charge in [-0.05, 0) is 43.3 Å². The molecule has 0 radical (unpaired) electrons. The maximum absolute atomic E-state index is 13.4. The Morgan fingerprint density at radius 1 is 1.06 bits per heavy atom. The largest absolute Gasteiger partial charge is 0.492 e. The maximum Gasteiger partial charge on any atom is 0.416 e. The van der Waals surface area contributed by atoms with Gasteiger partial charge in [-0.3, -0.25) is 4.79 Å². The molecule has 6 nitrogen and oxygen atoms in total. The molecule has 1 aromatic heterocycles. The first kappa shape index (κ1) is 23.2. The van der Waals surface area contributed by atoms with Crippen molar-refractivity contribution in [1.29, 1.82) is 5.26 Å². The van der Waals surface area contributed by atoms with Crippen molar-refractivity contribution in [2.75, 3.05) is 37.7 Å². The maximum atomic E-state index is 13.4. The number of benzene rings is 2. The summed E-state index contributed by atoms with van der Waals surface area (Å²) in [6.45, 7) is 4.37. The van der Waals surface area contributed by atoms with E-state index in [0.717, 1.165) is 23.6 Å². The van der Waals surface area contributed by atoms with Crippen molar-refractivity contribution in [2.45, 2.75) is 13.1 Å². The van der Waals surface area contributed by atoms with Crippen molar-refractivity contribution in [3.8, 4) is 17.5 Å². The summed E-state index contributed by atoms with van der Waals surface area (Å²) in [6, 6.07) is 15.8. The topological polar surface area (TPSA) is 61.5 Å². The highest BCUT2D eigenvalue weighted by Crippen LogP contribution is 2.32. The Morgan fingerprint density at radius 2 is 1.79 bits per heavy atom. The molecule has 0 saturated carbocycles. The predicted molar refractivity (Wildman–Crippen MR) is 121 cm³/mol. The Balaban J connectivity index is 1.57. The van der Waals surface area contributed by atoms with Crippen LogP contribution in [0.15, 0.2) is 60.8 Å². The van der Waals surface area contributed by atoms with Gasteiger partial charge in [-0.2, -0.15) is 18.4 Å². The summed E-state index contributed by atoms with van der Waals surface area (Å²) in [5, 5.41) is 9.55. The molecular weight excluding hydrogens is 445 g/mol. The van der Waals surface area contributed by atoms with Gasteiger partial charge in [0.15, 0.2) is 0 Å². The lowest BCUT2D eigenvalue weighted by Gasteiger charge is -2.36. The summed E-state index contributed by atoms with van der Waals surface area (Å²) >= 11 is 0. The number of nitriles is 1. The number of rotatable bonds is 5. The van der Waals surface area contributed by atoms with Crippen LogP contribution in [-0.4, -0.2) is 48.2 Å². The first-order valence-corrected chi connectivity index (χ1v) is 10.9. The molecule has 3 aromatic rings. The SMILES string of the molecule is CCOc1ccccc1N1CCN(C(=O)c2c(C#N)ccn2-c2cccc(C(F)(F)F)c2)CC1. The molecular formula is C25H23F3N4O2. The van der Waals surface area contributed by atoms with Crippen molar-refractivity contribution in [3.05, 3.63) is 77.6 Å². The van der Waals surface area contributed by atoms with Crippen LogP contribution in [0.3, 0.4) is 0 Å². The molecule has 4 rings (SSSR count). The van der Waals surface area contributed by atoms with E-state index in [0.29, 0.717) is 32.8 Å². The molecule has 2 heterocycles. The fraction of sp³-hybridized carbons (Fsp3) is 0.280. The van der Waals surface area contributed by atoms with Crippen LogP contribution in [0.4, 0.5) is 18.9 Å². The number of carbonyl (C=O) groups is 1. The molecule has 0 aliphatic carbocycles. The van der Waals surface area contributed by atoms with E-state index in [1.165, 1.54) is 29.0 Å². The quantitative estimate of drug-likeness (QED) is 0.543. The number of hydrogen-bond donors (Lipinski definition) is 0. The number of para-hydroxylation sites is 2. The summed E-state index contributed by atoms with van der Waals surface area (Å²) in [7, 11) is 0. The van der Waals surface area contributed by atoms with E-state index in [1.807, 2.05) is 37.3 Å². The fourth-order valence-electron chi connectivity index (χ4n) is 4.08. The van der Waals surface area contributed by atoms with Crippen molar-refractivity contribution in [2.24, 2.45) is 0 Å². The zero-order valence-corrected chi connectivity index (χ0v) is 18.5. The molecule has 176 valence electrons. The third-order valence-corrected chi connectivity index (χ3v) is 5.73. The van der Waals surface area contributed by atoms with Crippen LogP contribution < -0.4 is 9.64 Å². The predicted octanol–water partition coefficient (Wildman–Crippen LogP) is 4.73. The number of carbonyl (C=O) groups excluding carboxylic acids is 1. The number of hydrogen-bond acceptors (Lipinski definition) is 4. The molecule has 0 spiro atoms. The Bertz CT molecular complexity index is 1220. The number of alkyl halides is 3. The Kier molecular flexibility index (Phi) is 6.50. The first-order chi connectivity index (χ1) is 16.3. The lowest BCUT2D eigenvalue weighted by molar-refractivity contribution is -0.137. The van der Waals surface area contributed by atoms with Gasteiger partial charge >= 0.3 is 6.18 Å². The van der Waals surface area contributed by atoms with Crippen LogP contribution >= 0.6 is 0 Å². The Morgan fingerprint density at radius 3 is 2.47 bits per heavy atom. The van der Waals surface area contributed by atoms with Crippen molar-refractivity contribution >= 4 is 11.6 Å². The average Bonchev–Trinajstić information content (AvgIpc) is 3.28. The van der Waals surface area contributed by atoms with Gasteiger partial charge in [0, 0.05) is 38.1 Å². The highest BCUT2D eigenvalue weighted by atomic mass is 19.4. The van der Waals surface area contributed by atoms with E-state index < -0.39 is 17.6 Å². The second kappa shape index (κ2) is 9.51. The normalized spacial score (nSPS) is 14.1. The molecule has 1 saturated heterocycles. The first-order valence-electron chi connectivity index (χ1n) is 10.9. The van der Waals surface area contributed by atoms with Gasteiger partial charge in [-0.15, -0.1) is 0 Å². The third-order valence-electron chi connectivity index (χ3n) is 5.73. The average molecular weight is 468 g/mol. The number of anilines is 1. The van der Waals surface area contributed by atoms with Gasteiger partial charge in [0.25, 0.3) is 5.91 Å². The van der Waals surface area contributed by atoms with Gasteiger partial charge in [0.1, 0.15) is 17.5 Å². The zero-order valence-electron chi connectivity index (χ0n) is 18.5. The van der Waals surface area contributed by atoms with Gasteiger partial charge in [0.2, 0.25) is 0 Å². The number of halogens is 3. The highest BCUT2D eigenvalue weighted by Gasteiger charge is 2.32. The van der Waals surface area contributed by atoms with Crippen LogP contribution in [-0.2, 0) is 6.18 Å². The lowest BCUT2D eigenvalue weighted by atomic mass is 10.1. The highest BCUT2D eigenvalue weighted by molar-refractivity contribution is 5.96. The number of aromatic nitrogens is 1. The molecule has 0 bridgehead atoms. The molecule has 2 aromatic carbocycles. The second-order valence-corrected chi connectivity index (χ2v) is 7.79. The number of ether oxygens (including phenoxy) is 1. The Labute approximate surface area is 195 Å². The summed E-state index contributed by atoms with van der Waals surface area (Å²) in [5.41, 5.74) is 0.471. The standard InChI is InChI=1S/C25H23F3N4O2/c1-2-34-22-9-4-3-8-21(22)30-12-14-31(15-13-30)24(33)23-18(17-29)10-11-32(23)20-7-5-6-19(16-20)25(26,27)28/h3-11,16H,2,12-15H2,1H3. The Hall–Kier alpha value is -3.93. The van der Waals surface area contributed by atoms with Gasteiger partial charge in [-0.25, -0.2) is 0 Å². The molecule has 0 atom stereocenters. The minimum Gasteiger partial charge on any atom is -0.492 e. The second-order valence-electron chi connectivity index (χ2n) is 7.79. The molecule has 1 amide bonds. The molecule has 1 fully saturated rings.